The number of nitrogens with one attached hydrogen (secondary N) is 1. The van der Waals surface area contributed by atoms with Crippen molar-refractivity contribution in [2.45, 2.75) is 6.92 Å². The van der Waals surface area contributed by atoms with Crippen LogP contribution in [0.5, 0.6) is 0 Å². The van der Waals surface area contributed by atoms with E-state index in [1.807, 2.05) is 31.2 Å². The summed E-state index contributed by atoms with van der Waals surface area (Å²) >= 11 is 11.9. The molecule has 0 saturated carbocycles. The van der Waals surface area contributed by atoms with Gasteiger partial charge in [0.05, 0.1) is 11.6 Å². The molecule has 0 aliphatic carbocycles. The molecule has 18 heavy (non-hydrogen) atoms. The molecule has 1 heterocycles. The molecule has 0 aliphatic rings. The SMILES string of the molecule is Cc1c(Cl)cccc1Nc1cc(C#N)cc(Cl)n1. The second kappa shape index (κ2) is 5.26. The van der Waals surface area contributed by atoms with Crippen LogP contribution in [-0.4, -0.2) is 4.98 Å². The van der Waals surface area contributed by atoms with E-state index in [4.69, 9.17) is 28.5 Å². The maximum Gasteiger partial charge on any atom is 0.133 e. The fourth-order valence-corrected chi connectivity index (χ4v) is 1.89. The zero-order valence-corrected chi connectivity index (χ0v) is 11.0. The molecule has 1 N–H and O–H groups in total. The largest absolute Gasteiger partial charge is 0.340 e. The van der Waals surface area contributed by atoms with Gasteiger partial charge in [0.25, 0.3) is 0 Å². The maximum absolute atomic E-state index is 8.87. The lowest BCUT2D eigenvalue weighted by atomic mass is 10.2. The summed E-state index contributed by atoms with van der Waals surface area (Å²) in [4.78, 5) is 4.11. The van der Waals surface area contributed by atoms with Crippen LogP contribution in [-0.2, 0) is 0 Å². The highest BCUT2D eigenvalue weighted by Crippen LogP contribution is 2.26. The fraction of sp³-hybridized carbons (Fsp3) is 0.0769. The van der Waals surface area contributed by atoms with Gasteiger partial charge in [-0.05, 0) is 36.8 Å². The minimum Gasteiger partial charge on any atom is -0.340 e. The smallest absolute Gasteiger partial charge is 0.133 e. The molecule has 2 aromatic rings. The molecule has 0 spiro atoms. The van der Waals surface area contributed by atoms with Gasteiger partial charge < -0.3 is 5.32 Å². The first kappa shape index (κ1) is 12.7. The van der Waals surface area contributed by atoms with E-state index in [0.29, 0.717) is 16.4 Å². The molecule has 0 fully saturated rings. The van der Waals surface area contributed by atoms with Gasteiger partial charge >= 0.3 is 0 Å². The molecule has 2 rings (SSSR count). The van der Waals surface area contributed by atoms with Crippen molar-refractivity contribution >= 4 is 34.7 Å². The summed E-state index contributed by atoms with van der Waals surface area (Å²) in [5, 5.41) is 12.9. The van der Waals surface area contributed by atoms with Gasteiger partial charge in [0.1, 0.15) is 11.0 Å². The predicted octanol–water partition coefficient (Wildman–Crippen LogP) is 4.31. The molecule has 0 bridgehead atoms. The van der Waals surface area contributed by atoms with Crippen LogP contribution < -0.4 is 5.32 Å². The van der Waals surface area contributed by atoms with Crippen LogP contribution in [0.2, 0.25) is 10.2 Å². The molecule has 1 aromatic carbocycles. The van der Waals surface area contributed by atoms with Crippen LogP contribution in [0.3, 0.4) is 0 Å². The molecule has 3 nitrogen and oxygen atoms in total. The lowest BCUT2D eigenvalue weighted by Crippen LogP contribution is -1.97. The van der Waals surface area contributed by atoms with Crippen LogP contribution in [0, 0.1) is 18.3 Å². The lowest BCUT2D eigenvalue weighted by Gasteiger charge is -2.10. The third-order valence-corrected chi connectivity index (χ3v) is 3.06. The molecule has 0 amide bonds. The Morgan fingerprint density at radius 3 is 2.78 bits per heavy atom. The first-order valence-corrected chi connectivity index (χ1v) is 5.95. The van der Waals surface area contributed by atoms with Crippen LogP contribution in [0.15, 0.2) is 30.3 Å². The topological polar surface area (TPSA) is 48.7 Å². The Bertz CT molecular complexity index is 633. The van der Waals surface area contributed by atoms with E-state index in [2.05, 4.69) is 10.3 Å². The minimum absolute atomic E-state index is 0.274. The van der Waals surface area contributed by atoms with Gasteiger partial charge in [-0.2, -0.15) is 5.26 Å². The number of anilines is 2. The van der Waals surface area contributed by atoms with Crippen molar-refractivity contribution in [3.63, 3.8) is 0 Å². The molecule has 1 aromatic heterocycles. The third kappa shape index (κ3) is 2.73. The summed E-state index contributed by atoms with van der Waals surface area (Å²) in [7, 11) is 0. The first-order valence-electron chi connectivity index (χ1n) is 5.20. The van der Waals surface area contributed by atoms with Crippen LogP contribution in [0.25, 0.3) is 0 Å². The van der Waals surface area contributed by atoms with E-state index < -0.39 is 0 Å². The van der Waals surface area contributed by atoms with E-state index in [1.54, 1.807) is 6.07 Å². The second-order valence-electron chi connectivity index (χ2n) is 3.71. The number of rotatable bonds is 2. The monoisotopic (exact) mass is 277 g/mol. The normalized spacial score (nSPS) is 9.89. The van der Waals surface area contributed by atoms with Crippen molar-refractivity contribution in [2.24, 2.45) is 0 Å². The Morgan fingerprint density at radius 2 is 2.06 bits per heavy atom. The third-order valence-electron chi connectivity index (χ3n) is 2.45. The van der Waals surface area contributed by atoms with Crippen molar-refractivity contribution < 1.29 is 0 Å². The number of aromatic nitrogens is 1. The van der Waals surface area contributed by atoms with Crippen LogP contribution in [0.4, 0.5) is 11.5 Å². The second-order valence-corrected chi connectivity index (χ2v) is 4.51. The first-order chi connectivity index (χ1) is 8.60. The number of hydrogen-bond acceptors (Lipinski definition) is 3. The average molecular weight is 278 g/mol. The fourth-order valence-electron chi connectivity index (χ4n) is 1.51. The highest BCUT2D eigenvalue weighted by atomic mass is 35.5. The Balaban J connectivity index is 2.37. The highest BCUT2D eigenvalue weighted by Gasteiger charge is 2.05. The van der Waals surface area contributed by atoms with Crippen molar-refractivity contribution in [1.82, 2.24) is 4.98 Å². The van der Waals surface area contributed by atoms with E-state index >= 15 is 0 Å². The van der Waals surface area contributed by atoms with Crippen molar-refractivity contribution in [3.05, 3.63) is 51.6 Å². The van der Waals surface area contributed by atoms with Gasteiger partial charge in [-0.1, -0.05) is 29.3 Å². The van der Waals surface area contributed by atoms with Gasteiger partial charge in [-0.3, -0.25) is 0 Å². The summed E-state index contributed by atoms with van der Waals surface area (Å²) in [6.45, 7) is 1.90. The summed E-state index contributed by atoms with van der Waals surface area (Å²) < 4.78 is 0. The zero-order chi connectivity index (χ0) is 13.1. The summed E-state index contributed by atoms with van der Waals surface area (Å²) in [5.41, 5.74) is 2.21. The van der Waals surface area contributed by atoms with Gasteiger partial charge in [-0.15, -0.1) is 0 Å². The number of nitrogens with zero attached hydrogens (tertiary/aromatic N) is 2. The summed E-state index contributed by atoms with van der Waals surface area (Å²) in [6.07, 6.45) is 0. The molecule has 0 unspecified atom stereocenters. The van der Waals surface area contributed by atoms with E-state index in [1.165, 1.54) is 6.07 Å². The average Bonchev–Trinajstić information content (AvgIpc) is 2.34. The number of pyridine rings is 1. The molecule has 0 radical (unpaired) electrons. The van der Waals surface area contributed by atoms with Gasteiger partial charge in [0.2, 0.25) is 0 Å². The van der Waals surface area contributed by atoms with Crippen LogP contribution >= 0.6 is 23.2 Å². The molecule has 0 aliphatic heterocycles. The Morgan fingerprint density at radius 1 is 1.28 bits per heavy atom. The number of benzene rings is 1. The van der Waals surface area contributed by atoms with Crippen molar-refractivity contribution in [1.29, 1.82) is 5.26 Å². The van der Waals surface area contributed by atoms with E-state index in [0.717, 1.165) is 11.3 Å². The van der Waals surface area contributed by atoms with Crippen LogP contribution in [0.1, 0.15) is 11.1 Å². The van der Waals surface area contributed by atoms with Gasteiger partial charge in [0, 0.05) is 10.7 Å². The van der Waals surface area contributed by atoms with Gasteiger partial charge in [-0.25, -0.2) is 4.98 Å². The maximum atomic E-state index is 8.87. The molecule has 90 valence electrons. The van der Waals surface area contributed by atoms with E-state index in [9.17, 15) is 0 Å². The number of hydrogen-bond donors (Lipinski definition) is 1. The van der Waals surface area contributed by atoms with Crippen molar-refractivity contribution in [3.8, 4) is 6.07 Å². The standard InChI is InChI=1S/C13H9Cl2N3/c1-8-10(14)3-2-4-11(8)17-13-6-9(7-16)5-12(15)18-13/h2-6H,1H3,(H,17,18). The van der Waals surface area contributed by atoms with Crippen molar-refractivity contribution in [2.75, 3.05) is 5.32 Å². The minimum atomic E-state index is 0.274. The lowest BCUT2D eigenvalue weighted by molar-refractivity contribution is 1.28. The van der Waals surface area contributed by atoms with Gasteiger partial charge in [0.15, 0.2) is 0 Å². The zero-order valence-electron chi connectivity index (χ0n) is 9.54. The Kier molecular flexibility index (Phi) is 3.71. The molecular formula is C13H9Cl2N3. The molecular weight excluding hydrogens is 269 g/mol. The quantitative estimate of drug-likeness (QED) is 0.832. The Hall–Kier alpha value is -1.76. The Labute approximate surface area is 115 Å². The number of nitriles is 1. The molecule has 0 atom stereocenters. The molecule has 0 saturated heterocycles. The summed E-state index contributed by atoms with van der Waals surface area (Å²) in [5.74, 6) is 0.518. The summed E-state index contributed by atoms with van der Waals surface area (Å²) in [6, 6.07) is 10.7. The number of halogens is 2. The predicted molar refractivity (Wildman–Crippen MR) is 73.4 cm³/mol. The highest BCUT2D eigenvalue weighted by molar-refractivity contribution is 6.31. The van der Waals surface area contributed by atoms with E-state index in [-0.39, 0.29) is 5.15 Å². The molecule has 5 heteroatoms.